The normalized spacial score (nSPS) is 28.0. The van der Waals surface area contributed by atoms with Gasteiger partial charge in [-0.05, 0) is 43.2 Å². The molecule has 5 nitrogen and oxygen atoms in total. The molecule has 1 amide bonds. The molecule has 4 rings (SSSR count). The second-order valence-corrected chi connectivity index (χ2v) is 9.55. The van der Waals surface area contributed by atoms with E-state index in [1.54, 1.807) is 0 Å². The molecule has 1 aromatic carbocycles. The van der Waals surface area contributed by atoms with Gasteiger partial charge in [0, 0.05) is 18.1 Å². The minimum atomic E-state index is -2.96. The van der Waals surface area contributed by atoms with Crippen LogP contribution < -0.4 is 5.32 Å². The molecule has 2 fully saturated rings. The van der Waals surface area contributed by atoms with Gasteiger partial charge in [-0.3, -0.25) is 9.69 Å². The Balaban J connectivity index is 1.43. The first-order valence-electron chi connectivity index (χ1n) is 8.85. The molecule has 1 N–H and O–H groups in total. The summed E-state index contributed by atoms with van der Waals surface area (Å²) in [5.74, 6) is 0.253. The van der Waals surface area contributed by atoms with Gasteiger partial charge in [0.05, 0.1) is 18.1 Å². The van der Waals surface area contributed by atoms with Gasteiger partial charge < -0.3 is 5.32 Å². The lowest BCUT2D eigenvalue weighted by Crippen LogP contribution is -2.44. The third-order valence-corrected chi connectivity index (χ3v) is 7.21. The summed E-state index contributed by atoms with van der Waals surface area (Å²) in [6.45, 7) is 0.375. The van der Waals surface area contributed by atoms with Crippen LogP contribution in [0.2, 0.25) is 0 Å². The lowest BCUT2D eigenvalue weighted by atomic mass is 10.1. The van der Waals surface area contributed by atoms with E-state index < -0.39 is 9.84 Å². The molecule has 3 aliphatic rings. The zero-order chi connectivity index (χ0) is 16.7. The molecule has 2 aliphatic carbocycles. The van der Waals surface area contributed by atoms with Crippen LogP contribution in [0.4, 0.5) is 0 Å². The molecule has 0 bridgehead atoms. The topological polar surface area (TPSA) is 66.5 Å². The molecule has 24 heavy (non-hydrogen) atoms. The summed E-state index contributed by atoms with van der Waals surface area (Å²) in [6.07, 6.45) is 5.00. The van der Waals surface area contributed by atoms with Crippen LogP contribution in [0.25, 0.3) is 0 Å². The Morgan fingerprint density at radius 1 is 1.17 bits per heavy atom. The van der Waals surface area contributed by atoms with Crippen molar-refractivity contribution in [3.63, 3.8) is 0 Å². The Bertz CT molecular complexity index is 742. The van der Waals surface area contributed by atoms with Gasteiger partial charge in [-0.2, -0.15) is 0 Å². The maximum Gasteiger partial charge on any atom is 0.234 e. The van der Waals surface area contributed by atoms with Crippen LogP contribution in [0.3, 0.4) is 0 Å². The highest BCUT2D eigenvalue weighted by Gasteiger charge is 2.39. The first kappa shape index (κ1) is 16.1. The van der Waals surface area contributed by atoms with Crippen LogP contribution in [0.15, 0.2) is 24.3 Å². The molecule has 0 unspecified atom stereocenters. The van der Waals surface area contributed by atoms with Crippen LogP contribution in [-0.2, 0) is 21.1 Å². The Morgan fingerprint density at radius 2 is 1.96 bits per heavy atom. The number of fused-ring (bicyclic) bond motifs is 1. The summed E-state index contributed by atoms with van der Waals surface area (Å²) in [6, 6.07) is 9.14. The lowest BCUT2D eigenvalue weighted by Gasteiger charge is -2.29. The van der Waals surface area contributed by atoms with Crippen LogP contribution in [0.5, 0.6) is 0 Å². The minimum Gasteiger partial charge on any atom is -0.351 e. The lowest BCUT2D eigenvalue weighted by molar-refractivity contribution is -0.123. The number of hydrogen-bond donors (Lipinski definition) is 1. The molecular formula is C18H24N2O3S. The first-order chi connectivity index (χ1) is 11.5. The number of nitrogens with zero attached hydrogens (tertiary/aromatic N) is 1. The quantitative estimate of drug-likeness (QED) is 0.874. The highest BCUT2D eigenvalue weighted by atomic mass is 32.2. The van der Waals surface area contributed by atoms with Crippen molar-refractivity contribution in [1.82, 2.24) is 10.2 Å². The predicted molar refractivity (Wildman–Crippen MR) is 92.4 cm³/mol. The monoisotopic (exact) mass is 348 g/mol. The molecule has 1 heterocycles. The predicted octanol–water partition coefficient (Wildman–Crippen LogP) is 1.44. The van der Waals surface area contributed by atoms with Crippen molar-refractivity contribution in [2.24, 2.45) is 0 Å². The number of aryl methyl sites for hydroxylation is 1. The Labute approximate surface area is 143 Å². The van der Waals surface area contributed by atoms with E-state index in [9.17, 15) is 13.2 Å². The van der Waals surface area contributed by atoms with E-state index in [4.69, 9.17) is 0 Å². The van der Waals surface area contributed by atoms with Crippen molar-refractivity contribution < 1.29 is 13.2 Å². The number of sulfone groups is 1. The van der Waals surface area contributed by atoms with E-state index in [1.165, 1.54) is 11.1 Å². The fourth-order valence-corrected chi connectivity index (χ4v) is 5.80. The first-order valence-corrected chi connectivity index (χ1v) is 10.7. The van der Waals surface area contributed by atoms with Crippen LogP contribution in [0.1, 0.15) is 42.9 Å². The maximum atomic E-state index is 12.5. The summed E-state index contributed by atoms with van der Waals surface area (Å²) < 4.78 is 23.1. The molecule has 1 aromatic rings. The van der Waals surface area contributed by atoms with Crippen molar-refractivity contribution in [1.29, 1.82) is 0 Å². The number of carbonyl (C=O) groups is 1. The van der Waals surface area contributed by atoms with Gasteiger partial charge in [-0.1, -0.05) is 24.3 Å². The van der Waals surface area contributed by atoms with Crippen LogP contribution in [-0.4, -0.2) is 49.4 Å². The van der Waals surface area contributed by atoms with Gasteiger partial charge in [0.25, 0.3) is 0 Å². The number of hydrogen-bond acceptors (Lipinski definition) is 4. The largest absolute Gasteiger partial charge is 0.351 e. The third kappa shape index (κ3) is 3.35. The number of amides is 1. The van der Waals surface area contributed by atoms with Gasteiger partial charge in [-0.15, -0.1) is 0 Å². The Kier molecular flexibility index (Phi) is 4.12. The zero-order valence-corrected chi connectivity index (χ0v) is 14.6. The Morgan fingerprint density at radius 3 is 2.67 bits per heavy atom. The second-order valence-electron chi connectivity index (χ2n) is 7.32. The van der Waals surface area contributed by atoms with Gasteiger partial charge in [0.15, 0.2) is 9.84 Å². The minimum absolute atomic E-state index is 0.0339. The molecule has 0 radical (unpaired) electrons. The molecule has 0 spiro atoms. The van der Waals surface area contributed by atoms with E-state index in [-0.39, 0.29) is 23.5 Å². The summed E-state index contributed by atoms with van der Waals surface area (Å²) in [7, 11) is -2.96. The fourth-order valence-electron chi connectivity index (χ4n) is 4.13. The van der Waals surface area contributed by atoms with Gasteiger partial charge in [-0.25, -0.2) is 8.42 Å². The van der Waals surface area contributed by atoms with E-state index in [1.807, 2.05) is 0 Å². The Hall–Kier alpha value is -1.40. The maximum absolute atomic E-state index is 12.5. The zero-order valence-electron chi connectivity index (χ0n) is 13.8. The van der Waals surface area contributed by atoms with Crippen molar-refractivity contribution >= 4 is 15.7 Å². The summed E-state index contributed by atoms with van der Waals surface area (Å²) >= 11 is 0. The number of rotatable bonds is 5. The highest BCUT2D eigenvalue weighted by molar-refractivity contribution is 7.91. The summed E-state index contributed by atoms with van der Waals surface area (Å²) in [4.78, 5) is 14.8. The van der Waals surface area contributed by atoms with Crippen molar-refractivity contribution in [2.75, 3.05) is 18.1 Å². The smallest absolute Gasteiger partial charge is 0.234 e. The SMILES string of the molecule is O=C(CN(C1CC1)[C@H]1CCc2ccccc21)N[C@H]1CCS(=O)(=O)C1. The summed E-state index contributed by atoms with van der Waals surface area (Å²) in [5, 5.41) is 2.94. The van der Waals surface area contributed by atoms with Gasteiger partial charge >= 0.3 is 0 Å². The van der Waals surface area contributed by atoms with Gasteiger partial charge in [0.1, 0.15) is 0 Å². The fraction of sp³-hybridized carbons (Fsp3) is 0.611. The van der Waals surface area contributed by atoms with E-state index in [2.05, 4.69) is 34.5 Å². The number of carbonyl (C=O) groups excluding carboxylic acids is 1. The van der Waals surface area contributed by atoms with E-state index in [0.29, 0.717) is 25.0 Å². The average Bonchev–Trinajstić information content (AvgIpc) is 3.21. The van der Waals surface area contributed by atoms with Crippen molar-refractivity contribution in [3.05, 3.63) is 35.4 Å². The molecule has 130 valence electrons. The van der Waals surface area contributed by atoms with Crippen LogP contribution >= 0.6 is 0 Å². The van der Waals surface area contributed by atoms with Crippen molar-refractivity contribution in [2.45, 2.75) is 50.2 Å². The van der Waals surface area contributed by atoms with Crippen molar-refractivity contribution in [3.8, 4) is 0 Å². The molecule has 1 saturated carbocycles. The number of nitrogens with one attached hydrogen (secondary N) is 1. The molecule has 0 aromatic heterocycles. The number of benzene rings is 1. The van der Waals surface area contributed by atoms with Gasteiger partial charge in [0.2, 0.25) is 5.91 Å². The molecule has 1 aliphatic heterocycles. The van der Waals surface area contributed by atoms with Crippen LogP contribution in [0, 0.1) is 0 Å². The second kappa shape index (κ2) is 6.15. The van der Waals surface area contributed by atoms with E-state index >= 15 is 0 Å². The molecule has 6 heteroatoms. The average molecular weight is 348 g/mol. The third-order valence-electron chi connectivity index (χ3n) is 5.44. The molecule has 2 atom stereocenters. The molecule has 1 saturated heterocycles. The summed E-state index contributed by atoms with van der Waals surface area (Å²) in [5.41, 5.74) is 2.76. The molecular weight excluding hydrogens is 324 g/mol. The standard InChI is InChI=1S/C18H24N2O3S/c21-18(19-14-9-10-24(22,23)12-14)11-20(15-6-7-15)17-8-5-13-3-1-2-4-16(13)17/h1-4,14-15,17H,5-12H2,(H,19,21)/t14-,17-/m0/s1. The van der Waals surface area contributed by atoms with E-state index in [0.717, 1.165) is 25.7 Å². The highest BCUT2D eigenvalue weighted by Crippen LogP contribution is 2.41.